The Bertz CT molecular complexity index is 392. The highest BCUT2D eigenvalue weighted by atomic mass is 16.3. The summed E-state index contributed by atoms with van der Waals surface area (Å²) >= 11 is 0. The number of rotatable bonds is 18. The van der Waals surface area contributed by atoms with Crippen LogP contribution in [0.2, 0.25) is 0 Å². The molecular weight excluding hydrogens is 332 g/mol. The third-order valence-electron chi connectivity index (χ3n) is 5.63. The predicted octanol–water partition coefficient (Wildman–Crippen LogP) is 6.86. The van der Waals surface area contributed by atoms with Gasteiger partial charge in [-0.15, -0.1) is 0 Å². The molecular formula is C24H46N2O. The minimum Gasteiger partial charge on any atom is -0.374 e. The van der Waals surface area contributed by atoms with Gasteiger partial charge in [-0.3, -0.25) is 4.99 Å². The smallest absolute Gasteiger partial charge is 0.127 e. The topological polar surface area (TPSA) is 35.8 Å². The number of aliphatic hydroxyl groups excluding tert-OH is 1. The van der Waals surface area contributed by atoms with Crippen LogP contribution < -0.4 is 0 Å². The summed E-state index contributed by atoms with van der Waals surface area (Å²) in [6, 6.07) is 0. The van der Waals surface area contributed by atoms with Crippen molar-refractivity contribution in [1.29, 1.82) is 0 Å². The molecule has 0 bridgehead atoms. The Morgan fingerprint density at radius 1 is 0.852 bits per heavy atom. The van der Waals surface area contributed by atoms with Gasteiger partial charge < -0.3 is 10.0 Å². The SMILES string of the molecule is CCCCCCCCCCCCCCCCC=CC1=NCCN1C(O)CC. The van der Waals surface area contributed by atoms with E-state index in [1.807, 2.05) is 11.8 Å². The van der Waals surface area contributed by atoms with Crippen molar-refractivity contribution in [1.82, 2.24) is 4.90 Å². The van der Waals surface area contributed by atoms with Gasteiger partial charge in [0.2, 0.25) is 0 Å². The second kappa shape index (κ2) is 17.3. The van der Waals surface area contributed by atoms with E-state index >= 15 is 0 Å². The van der Waals surface area contributed by atoms with Crippen molar-refractivity contribution in [2.24, 2.45) is 4.99 Å². The number of amidine groups is 1. The molecule has 1 heterocycles. The Balaban J connectivity index is 1.85. The van der Waals surface area contributed by atoms with Crippen LogP contribution in [0, 0.1) is 0 Å². The monoisotopic (exact) mass is 378 g/mol. The normalized spacial score (nSPS) is 15.7. The van der Waals surface area contributed by atoms with Crippen LogP contribution in [0.4, 0.5) is 0 Å². The third-order valence-corrected chi connectivity index (χ3v) is 5.63. The molecule has 0 aliphatic carbocycles. The van der Waals surface area contributed by atoms with Crippen LogP contribution in [-0.2, 0) is 0 Å². The van der Waals surface area contributed by atoms with E-state index in [4.69, 9.17) is 0 Å². The van der Waals surface area contributed by atoms with Gasteiger partial charge in [0.1, 0.15) is 12.1 Å². The fourth-order valence-corrected chi connectivity index (χ4v) is 3.79. The quantitative estimate of drug-likeness (QED) is 0.264. The van der Waals surface area contributed by atoms with Crippen molar-refractivity contribution in [2.75, 3.05) is 13.1 Å². The van der Waals surface area contributed by atoms with Gasteiger partial charge in [-0.1, -0.05) is 103 Å². The Morgan fingerprint density at radius 2 is 1.37 bits per heavy atom. The molecule has 3 nitrogen and oxygen atoms in total. The summed E-state index contributed by atoms with van der Waals surface area (Å²) in [7, 11) is 0. The highest BCUT2D eigenvalue weighted by molar-refractivity contribution is 5.94. The Morgan fingerprint density at radius 3 is 1.89 bits per heavy atom. The molecule has 0 fully saturated rings. The summed E-state index contributed by atoms with van der Waals surface area (Å²) in [4.78, 5) is 6.50. The molecule has 158 valence electrons. The van der Waals surface area contributed by atoms with Gasteiger partial charge in [0.25, 0.3) is 0 Å². The molecule has 0 amide bonds. The highest BCUT2D eigenvalue weighted by Crippen LogP contribution is 2.14. The molecule has 27 heavy (non-hydrogen) atoms. The number of aliphatic hydroxyl groups is 1. The Labute approximate surface area is 169 Å². The summed E-state index contributed by atoms with van der Waals surface area (Å²) < 4.78 is 0. The lowest BCUT2D eigenvalue weighted by Gasteiger charge is -2.23. The van der Waals surface area contributed by atoms with E-state index in [0.717, 1.165) is 31.8 Å². The first kappa shape index (κ1) is 24.2. The number of allylic oxidation sites excluding steroid dienone is 1. The first-order valence-electron chi connectivity index (χ1n) is 11.9. The lowest BCUT2D eigenvalue weighted by Crippen LogP contribution is -2.36. The average molecular weight is 379 g/mol. The maximum absolute atomic E-state index is 9.97. The summed E-state index contributed by atoms with van der Waals surface area (Å²) in [5.74, 6) is 0.967. The van der Waals surface area contributed by atoms with Gasteiger partial charge in [-0.2, -0.15) is 0 Å². The molecule has 0 spiro atoms. The molecule has 0 saturated carbocycles. The fourth-order valence-electron chi connectivity index (χ4n) is 3.79. The largest absolute Gasteiger partial charge is 0.374 e. The van der Waals surface area contributed by atoms with E-state index in [0.29, 0.717) is 0 Å². The maximum atomic E-state index is 9.97. The molecule has 1 unspecified atom stereocenters. The minimum absolute atomic E-state index is 0.378. The summed E-state index contributed by atoms with van der Waals surface area (Å²) in [5, 5.41) is 9.97. The maximum Gasteiger partial charge on any atom is 0.127 e. The zero-order chi connectivity index (χ0) is 19.6. The summed E-state index contributed by atoms with van der Waals surface area (Å²) in [6.45, 7) is 5.97. The molecule has 1 aliphatic heterocycles. The zero-order valence-electron chi connectivity index (χ0n) is 18.3. The van der Waals surface area contributed by atoms with Crippen LogP contribution in [0.3, 0.4) is 0 Å². The van der Waals surface area contributed by atoms with Crippen LogP contribution in [0.25, 0.3) is 0 Å². The van der Waals surface area contributed by atoms with Gasteiger partial charge >= 0.3 is 0 Å². The van der Waals surface area contributed by atoms with E-state index in [-0.39, 0.29) is 6.23 Å². The van der Waals surface area contributed by atoms with Gasteiger partial charge in [-0.05, 0) is 25.3 Å². The average Bonchev–Trinajstić information content (AvgIpc) is 3.15. The van der Waals surface area contributed by atoms with Crippen LogP contribution in [0.1, 0.15) is 117 Å². The van der Waals surface area contributed by atoms with Gasteiger partial charge in [0, 0.05) is 6.54 Å². The number of nitrogens with zero attached hydrogens (tertiary/aromatic N) is 2. The van der Waals surface area contributed by atoms with Crippen LogP contribution >= 0.6 is 0 Å². The van der Waals surface area contributed by atoms with Crippen molar-refractivity contribution in [3.8, 4) is 0 Å². The van der Waals surface area contributed by atoms with E-state index < -0.39 is 0 Å². The molecule has 1 N–H and O–H groups in total. The summed E-state index contributed by atoms with van der Waals surface area (Å²) in [6.07, 6.45) is 25.6. The predicted molar refractivity (Wildman–Crippen MR) is 119 cm³/mol. The standard InChI is InChI=1S/C24H46N2O/c1-3-5-6-7-8-9-10-11-12-13-14-15-16-17-18-19-20-23-25-21-22-26(23)24(27)4-2/h19-20,24,27H,3-18,21-22H2,1-2H3. The van der Waals surface area contributed by atoms with E-state index in [1.165, 1.54) is 89.9 Å². The number of hydrogen-bond acceptors (Lipinski definition) is 3. The second-order valence-electron chi connectivity index (χ2n) is 8.11. The van der Waals surface area contributed by atoms with Crippen LogP contribution in [-0.4, -0.2) is 35.2 Å². The molecule has 0 saturated heterocycles. The first-order valence-corrected chi connectivity index (χ1v) is 11.9. The van der Waals surface area contributed by atoms with E-state index in [9.17, 15) is 5.11 Å². The first-order chi connectivity index (χ1) is 13.3. The lowest BCUT2D eigenvalue weighted by atomic mass is 10.0. The lowest BCUT2D eigenvalue weighted by molar-refractivity contribution is 0.0578. The highest BCUT2D eigenvalue weighted by Gasteiger charge is 2.19. The second-order valence-corrected chi connectivity index (χ2v) is 8.11. The fraction of sp³-hybridized carbons (Fsp3) is 0.875. The van der Waals surface area contributed by atoms with Crippen molar-refractivity contribution < 1.29 is 5.11 Å². The summed E-state index contributed by atoms with van der Waals surface area (Å²) in [5.41, 5.74) is 0. The van der Waals surface area contributed by atoms with E-state index in [2.05, 4.69) is 24.1 Å². The van der Waals surface area contributed by atoms with Crippen molar-refractivity contribution >= 4 is 5.84 Å². The molecule has 3 heteroatoms. The molecule has 1 atom stereocenters. The Kier molecular flexibility index (Phi) is 15.5. The molecule has 1 rings (SSSR count). The number of aliphatic imine (C=N–C) groups is 1. The Hall–Kier alpha value is -0.830. The minimum atomic E-state index is -0.378. The van der Waals surface area contributed by atoms with Gasteiger partial charge in [-0.25, -0.2) is 0 Å². The van der Waals surface area contributed by atoms with Crippen molar-refractivity contribution in [3.05, 3.63) is 12.2 Å². The van der Waals surface area contributed by atoms with Gasteiger partial charge in [0.15, 0.2) is 0 Å². The van der Waals surface area contributed by atoms with Gasteiger partial charge in [0.05, 0.1) is 6.54 Å². The van der Waals surface area contributed by atoms with Crippen molar-refractivity contribution in [2.45, 2.75) is 123 Å². The number of hydrogen-bond donors (Lipinski definition) is 1. The number of unbranched alkanes of at least 4 members (excludes halogenated alkanes) is 14. The third kappa shape index (κ3) is 12.3. The van der Waals surface area contributed by atoms with E-state index in [1.54, 1.807) is 0 Å². The van der Waals surface area contributed by atoms with Crippen LogP contribution in [0.5, 0.6) is 0 Å². The molecule has 0 aromatic carbocycles. The van der Waals surface area contributed by atoms with Crippen molar-refractivity contribution in [3.63, 3.8) is 0 Å². The molecule has 0 aromatic rings. The van der Waals surface area contributed by atoms with Crippen LogP contribution in [0.15, 0.2) is 17.1 Å². The molecule has 0 radical (unpaired) electrons. The molecule has 0 aromatic heterocycles. The molecule has 1 aliphatic rings. The zero-order valence-corrected chi connectivity index (χ0v) is 18.3.